The van der Waals surface area contributed by atoms with Crippen LogP contribution in [0.15, 0.2) is 107 Å². The molecule has 1 rings (SSSR count). The summed E-state index contributed by atoms with van der Waals surface area (Å²) in [6.45, 7) is 12.6. The molecule has 0 bridgehead atoms. The van der Waals surface area contributed by atoms with Crippen LogP contribution in [0.5, 0.6) is 0 Å². The van der Waals surface area contributed by atoms with Gasteiger partial charge in [0.05, 0.1) is 18.8 Å². The average molecular weight is 795 g/mol. The summed E-state index contributed by atoms with van der Waals surface area (Å²) in [6.07, 6.45) is 27.5. The molecule has 1 heterocycles. The third kappa shape index (κ3) is 23.5. The third-order valence-electron chi connectivity index (χ3n) is 8.37. The Balaban J connectivity index is 0.0000292. The molecule has 6 atom stereocenters. The van der Waals surface area contributed by atoms with E-state index < -0.39 is 41.0 Å². The second-order valence-electron chi connectivity index (χ2n) is 13.3. The maximum atomic E-state index is 13.4. The Kier molecular flexibility index (Phi) is 26.7. The molecule has 55 heavy (non-hydrogen) atoms. The van der Waals surface area contributed by atoms with Gasteiger partial charge in [0.25, 0.3) is 0 Å². The van der Waals surface area contributed by atoms with Crippen LogP contribution in [0.4, 0.5) is 0 Å². The monoisotopic (exact) mass is 794 g/mol. The molecule has 2 N–H and O–H groups in total. The number of ether oxygens (including phenoxy) is 3. The minimum Gasteiger partial charge on any atom is -0.726 e. The number of allylic oxidation sites excluding steroid dienone is 11. The zero-order valence-corrected chi connectivity index (χ0v) is 36.9. The van der Waals surface area contributed by atoms with Crippen molar-refractivity contribution in [2.45, 2.75) is 92.1 Å². The zero-order chi connectivity index (χ0) is 40.7. The zero-order valence-electron chi connectivity index (χ0n) is 34.1. The number of carbonyl (C=O) groups excluding carboxylic acids is 3. The van der Waals surface area contributed by atoms with E-state index in [0.717, 1.165) is 30.4 Å². The summed E-state index contributed by atoms with van der Waals surface area (Å²) in [5, 5.41) is 4.69. The van der Waals surface area contributed by atoms with Crippen molar-refractivity contribution in [2.75, 3.05) is 27.4 Å². The molecule has 0 saturated heterocycles. The van der Waals surface area contributed by atoms with Gasteiger partial charge in [-0.25, -0.2) is 13.2 Å². The van der Waals surface area contributed by atoms with Crippen molar-refractivity contribution in [1.82, 2.24) is 10.6 Å². The van der Waals surface area contributed by atoms with Gasteiger partial charge in [-0.05, 0) is 65.4 Å². The van der Waals surface area contributed by atoms with E-state index in [1.807, 2.05) is 70.2 Å². The molecule has 0 unspecified atom stereocenters. The molecular formula is C41H59N2NaO10S. The number of hydrogen-bond acceptors (Lipinski definition) is 10. The fourth-order valence-electron chi connectivity index (χ4n) is 5.19. The number of rotatable bonds is 12. The van der Waals surface area contributed by atoms with E-state index in [1.54, 1.807) is 40.2 Å². The second kappa shape index (κ2) is 28.3. The van der Waals surface area contributed by atoms with Crippen LogP contribution in [0, 0.1) is 11.8 Å². The van der Waals surface area contributed by atoms with E-state index >= 15 is 0 Å². The average Bonchev–Trinajstić information content (AvgIpc) is 3.11. The number of carbonyl (C=O) groups is 3. The number of cyclic esters (lactones) is 1. The predicted molar refractivity (Wildman–Crippen MR) is 211 cm³/mol. The summed E-state index contributed by atoms with van der Waals surface area (Å²) in [5.41, 5.74) is 4.11. The topological polar surface area (TPSA) is 169 Å². The van der Waals surface area contributed by atoms with Gasteiger partial charge in [-0.1, -0.05) is 110 Å². The molecule has 14 heteroatoms. The van der Waals surface area contributed by atoms with E-state index in [0.29, 0.717) is 11.1 Å². The van der Waals surface area contributed by atoms with Gasteiger partial charge < -0.3 is 29.4 Å². The van der Waals surface area contributed by atoms with Gasteiger partial charge in [0.15, 0.2) is 0 Å². The molecule has 0 spiro atoms. The summed E-state index contributed by atoms with van der Waals surface area (Å²) in [6, 6.07) is -1.39. The molecule has 2 amide bonds. The molecule has 0 aromatic heterocycles. The number of methoxy groups -OCH3 is 2. The molecule has 1 aliphatic heterocycles. The molecule has 0 saturated carbocycles. The molecular weight excluding hydrogens is 736 g/mol. The Bertz CT molecular complexity index is 1620. The number of amides is 2. The summed E-state index contributed by atoms with van der Waals surface area (Å²) < 4.78 is 54.0. The molecule has 0 aromatic carbocycles. The largest absolute Gasteiger partial charge is 1.00 e. The number of esters is 1. The van der Waals surface area contributed by atoms with Crippen LogP contribution in [0.25, 0.3) is 0 Å². The molecule has 0 fully saturated rings. The quantitative estimate of drug-likeness (QED) is 0.0749. The Morgan fingerprint density at radius 1 is 1.00 bits per heavy atom. The third-order valence-corrected chi connectivity index (χ3v) is 8.79. The van der Waals surface area contributed by atoms with Crippen molar-refractivity contribution in [3.8, 4) is 0 Å². The van der Waals surface area contributed by atoms with E-state index in [-0.39, 0.29) is 66.6 Å². The van der Waals surface area contributed by atoms with Crippen molar-refractivity contribution >= 4 is 28.7 Å². The van der Waals surface area contributed by atoms with E-state index in [4.69, 9.17) is 14.2 Å². The standard InChI is InChI=1S/C41H60N2O10S.Na/c1-29-14-12-18-36(50-8)17-11-10-16-33(5)39(34(6)23-22-32(4)26-42-40(45)38(43-28-44)27-52-54(47,48)49)53-41(46)35(7)24-30(2)20-21-31(3)25-37(51-9)19-13-15-29;/h10-11,13-17,20-25,28,30,33,36-39H,12,18-19,26-27H2,1-9H3,(H,42,45)(H,43,44)(H,47,48,49);/q;+1/p-1/b15-13+,16-10+,17-11+,21-20+,29-14-,31-25+,32-22+,34-23+,35-24+;/t30-,33+,36-,37+,38+,39+;/m1./s1. The molecule has 300 valence electrons. The van der Waals surface area contributed by atoms with Gasteiger partial charge in [0.1, 0.15) is 12.1 Å². The minimum absolute atomic E-state index is 0. The van der Waals surface area contributed by atoms with Crippen LogP contribution in [-0.2, 0) is 43.2 Å². The Hall–Kier alpha value is -3.14. The number of hydrogen-bond donors (Lipinski definition) is 2. The number of nitrogens with one attached hydrogen (secondary N) is 2. The second-order valence-corrected chi connectivity index (χ2v) is 14.4. The minimum atomic E-state index is -5.06. The molecule has 0 radical (unpaired) electrons. The van der Waals surface area contributed by atoms with Gasteiger partial charge in [-0.3, -0.25) is 13.8 Å². The fraction of sp³-hybridized carbons (Fsp3) is 0.488. The van der Waals surface area contributed by atoms with Crippen LogP contribution in [-0.4, -0.2) is 83.0 Å². The summed E-state index contributed by atoms with van der Waals surface area (Å²) >= 11 is 0. The van der Waals surface area contributed by atoms with Crippen molar-refractivity contribution < 1.29 is 75.3 Å². The molecule has 1 aliphatic rings. The maximum Gasteiger partial charge on any atom is 1.00 e. The van der Waals surface area contributed by atoms with Crippen LogP contribution >= 0.6 is 0 Å². The summed E-state index contributed by atoms with van der Waals surface area (Å²) in [7, 11) is -1.68. The predicted octanol–water partition coefficient (Wildman–Crippen LogP) is 3.05. The van der Waals surface area contributed by atoms with Crippen LogP contribution in [0.3, 0.4) is 0 Å². The fourth-order valence-corrected chi connectivity index (χ4v) is 5.49. The summed E-state index contributed by atoms with van der Waals surface area (Å²) in [4.78, 5) is 36.8. The van der Waals surface area contributed by atoms with E-state index in [1.165, 1.54) is 5.57 Å². The van der Waals surface area contributed by atoms with Crippen molar-refractivity contribution in [3.63, 3.8) is 0 Å². The van der Waals surface area contributed by atoms with Crippen LogP contribution in [0.2, 0.25) is 0 Å². The van der Waals surface area contributed by atoms with Gasteiger partial charge in [0.2, 0.25) is 22.7 Å². The first-order valence-corrected chi connectivity index (χ1v) is 19.2. The first-order chi connectivity index (χ1) is 25.5. The first kappa shape index (κ1) is 51.9. The molecule has 12 nitrogen and oxygen atoms in total. The molecule has 0 aromatic rings. The van der Waals surface area contributed by atoms with Crippen LogP contribution < -0.4 is 40.2 Å². The van der Waals surface area contributed by atoms with Gasteiger partial charge >= 0.3 is 35.5 Å². The maximum absolute atomic E-state index is 13.4. The van der Waals surface area contributed by atoms with Crippen LogP contribution in [0.1, 0.15) is 67.7 Å². The normalized spacial score (nSPS) is 28.7. The Morgan fingerprint density at radius 2 is 1.67 bits per heavy atom. The Morgan fingerprint density at radius 3 is 2.31 bits per heavy atom. The Labute approximate surface area is 350 Å². The first-order valence-electron chi connectivity index (χ1n) is 17.9. The van der Waals surface area contributed by atoms with Crippen molar-refractivity contribution in [1.29, 1.82) is 0 Å². The van der Waals surface area contributed by atoms with Gasteiger partial charge in [0, 0.05) is 32.3 Å². The van der Waals surface area contributed by atoms with Crippen molar-refractivity contribution in [3.05, 3.63) is 107 Å². The molecule has 0 aliphatic carbocycles. The summed E-state index contributed by atoms with van der Waals surface area (Å²) in [5.74, 6) is -1.48. The van der Waals surface area contributed by atoms with Gasteiger partial charge in [-0.15, -0.1) is 0 Å². The van der Waals surface area contributed by atoms with Crippen molar-refractivity contribution in [2.24, 2.45) is 11.8 Å². The van der Waals surface area contributed by atoms with E-state index in [2.05, 4.69) is 46.0 Å². The smallest absolute Gasteiger partial charge is 0.726 e. The SMILES string of the molecule is CO[C@@H]1/C=C(C)/C=C/[C@@H](C)/C=C(\C)C(=O)O[C@H](/C(C)=C/C=C(\C)CNC(=O)[C@H](COS(=O)(=O)[O-])NC=O)[C@@H](C)/C=C/C=C/[C@@H](OC)CC/C=C(C)\C=C\C1.[Na+]. The van der Waals surface area contributed by atoms with E-state index in [9.17, 15) is 27.4 Å². The van der Waals surface area contributed by atoms with Gasteiger partial charge in [-0.2, -0.15) is 0 Å².